The molecule has 0 radical (unpaired) electrons. The molecular weight excluding hydrogens is 266 g/mol. The van der Waals surface area contributed by atoms with Crippen molar-refractivity contribution in [2.75, 3.05) is 14.1 Å². The normalized spacial score (nSPS) is 10.8. The van der Waals surface area contributed by atoms with Crippen LogP contribution in [0.4, 0.5) is 0 Å². The average Bonchev–Trinajstić information content (AvgIpc) is 2.46. The molecule has 0 aliphatic heterocycles. The Morgan fingerprint density at radius 1 is 1.24 bits per heavy atom. The summed E-state index contributed by atoms with van der Waals surface area (Å²) in [5.41, 5.74) is 1.38. The highest BCUT2D eigenvalue weighted by atomic mass is 16.1. The second-order valence-corrected chi connectivity index (χ2v) is 4.90. The summed E-state index contributed by atoms with van der Waals surface area (Å²) in [5, 5.41) is 4.17. The van der Waals surface area contributed by atoms with Crippen LogP contribution in [0.25, 0.3) is 5.69 Å². The van der Waals surface area contributed by atoms with E-state index in [9.17, 15) is 9.59 Å². The number of carbonyl (C=O) groups excluding carboxylic acids is 1. The number of para-hydroxylation sites is 1. The maximum absolute atomic E-state index is 12.0. The molecule has 0 saturated carbocycles. The van der Waals surface area contributed by atoms with E-state index in [0.717, 1.165) is 11.3 Å². The Bertz CT molecular complexity index is 745. The van der Waals surface area contributed by atoms with E-state index in [-0.39, 0.29) is 11.1 Å². The first-order chi connectivity index (χ1) is 9.99. The van der Waals surface area contributed by atoms with Gasteiger partial charge in [-0.1, -0.05) is 18.2 Å². The second kappa shape index (κ2) is 6.17. The maximum atomic E-state index is 12.0. The first-order valence-corrected chi connectivity index (χ1v) is 6.54. The summed E-state index contributed by atoms with van der Waals surface area (Å²) in [7, 11) is 3.60. The molecular formula is C16H17N3O2. The summed E-state index contributed by atoms with van der Waals surface area (Å²) in [5.74, 6) is -0.406. The number of ketones is 1. The fourth-order valence-corrected chi connectivity index (χ4v) is 1.83. The van der Waals surface area contributed by atoms with Gasteiger partial charge in [0.2, 0.25) is 11.2 Å². The predicted molar refractivity (Wildman–Crippen MR) is 81.7 cm³/mol. The molecule has 0 aliphatic rings. The highest BCUT2D eigenvalue weighted by Gasteiger charge is 2.11. The average molecular weight is 283 g/mol. The minimum atomic E-state index is -0.406. The molecule has 1 aromatic carbocycles. The third kappa shape index (κ3) is 3.45. The minimum Gasteiger partial charge on any atom is -0.383 e. The van der Waals surface area contributed by atoms with Gasteiger partial charge in [-0.05, 0) is 18.6 Å². The molecule has 0 saturated heterocycles. The summed E-state index contributed by atoms with van der Waals surface area (Å²) in [6.07, 6.45) is 4.50. The summed E-state index contributed by atoms with van der Waals surface area (Å²) in [4.78, 5) is 25.6. The van der Waals surface area contributed by atoms with E-state index < -0.39 is 5.78 Å². The van der Waals surface area contributed by atoms with Crippen molar-refractivity contribution in [1.82, 2.24) is 14.7 Å². The van der Waals surface area contributed by atoms with E-state index in [2.05, 4.69) is 5.10 Å². The first kappa shape index (κ1) is 14.7. The smallest absolute Gasteiger partial charge is 0.211 e. The molecule has 0 unspecified atom stereocenters. The van der Waals surface area contributed by atoms with Gasteiger partial charge in [0, 0.05) is 38.6 Å². The van der Waals surface area contributed by atoms with E-state index in [1.54, 1.807) is 36.1 Å². The number of nitrogens with zero attached hydrogens (tertiary/aromatic N) is 3. The third-order valence-electron chi connectivity index (χ3n) is 2.93. The van der Waals surface area contributed by atoms with Gasteiger partial charge in [0.15, 0.2) is 5.69 Å². The quantitative estimate of drug-likeness (QED) is 0.634. The molecule has 108 valence electrons. The van der Waals surface area contributed by atoms with Gasteiger partial charge in [-0.25, -0.2) is 4.68 Å². The van der Waals surface area contributed by atoms with Gasteiger partial charge < -0.3 is 4.90 Å². The van der Waals surface area contributed by atoms with E-state index in [0.29, 0.717) is 0 Å². The molecule has 0 spiro atoms. The van der Waals surface area contributed by atoms with Crippen molar-refractivity contribution >= 4 is 5.78 Å². The van der Waals surface area contributed by atoms with Crippen molar-refractivity contribution in [3.63, 3.8) is 0 Å². The Morgan fingerprint density at radius 3 is 2.62 bits per heavy atom. The summed E-state index contributed by atoms with van der Waals surface area (Å²) in [6.45, 7) is 1.95. The number of aromatic nitrogens is 2. The highest BCUT2D eigenvalue weighted by Crippen LogP contribution is 2.11. The number of allylic oxidation sites excluding steroid dienone is 1. The molecule has 2 rings (SSSR count). The number of carbonyl (C=O) groups is 1. The van der Waals surface area contributed by atoms with Gasteiger partial charge in [-0.15, -0.1) is 0 Å². The minimum absolute atomic E-state index is 0.0844. The molecule has 0 bridgehead atoms. The van der Waals surface area contributed by atoms with Crippen LogP contribution in [-0.4, -0.2) is 34.6 Å². The van der Waals surface area contributed by atoms with Gasteiger partial charge in [0.1, 0.15) is 0 Å². The summed E-state index contributed by atoms with van der Waals surface area (Å²) >= 11 is 0. The van der Waals surface area contributed by atoms with Crippen LogP contribution in [0.2, 0.25) is 0 Å². The molecule has 21 heavy (non-hydrogen) atoms. The second-order valence-electron chi connectivity index (χ2n) is 4.90. The molecule has 1 heterocycles. The Morgan fingerprint density at radius 2 is 1.95 bits per heavy atom. The van der Waals surface area contributed by atoms with Crippen LogP contribution in [0, 0.1) is 6.92 Å². The predicted octanol–water partition coefficient (Wildman–Crippen LogP) is 1.80. The molecule has 0 fully saturated rings. The Balaban J connectivity index is 2.45. The van der Waals surface area contributed by atoms with E-state index in [1.807, 2.05) is 31.2 Å². The van der Waals surface area contributed by atoms with E-state index in [1.165, 1.54) is 12.1 Å². The van der Waals surface area contributed by atoms with Crippen LogP contribution in [0.5, 0.6) is 0 Å². The number of benzene rings is 1. The topological polar surface area (TPSA) is 55.2 Å². The van der Waals surface area contributed by atoms with Crippen molar-refractivity contribution < 1.29 is 4.79 Å². The lowest BCUT2D eigenvalue weighted by atomic mass is 10.2. The number of rotatable bonds is 4. The number of hydrogen-bond donors (Lipinski definition) is 0. The van der Waals surface area contributed by atoms with Crippen LogP contribution in [0.1, 0.15) is 16.1 Å². The first-order valence-electron chi connectivity index (χ1n) is 6.54. The third-order valence-corrected chi connectivity index (χ3v) is 2.93. The van der Waals surface area contributed by atoms with Gasteiger partial charge in [-0.2, -0.15) is 5.10 Å². The zero-order chi connectivity index (χ0) is 15.4. The monoisotopic (exact) mass is 283 g/mol. The van der Waals surface area contributed by atoms with Crippen LogP contribution in [0.3, 0.4) is 0 Å². The van der Waals surface area contributed by atoms with Crippen LogP contribution >= 0.6 is 0 Å². The summed E-state index contributed by atoms with van der Waals surface area (Å²) < 4.78 is 1.55. The Labute approximate surface area is 123 Å². The lowest BCUT2D eigenvalue weighted by Crippen LogP contribution is -2.20. The SMILES string of the molecule is Cc1ccccc1-n1ccc(=O)c(C(=O)C=CN(C)C)n1. The van der Waals surface area contributed by atoms with Crippen molar-refractivity contribution in [2.45, 2.75) is 6.92 Å². The molecule has 0 atom stereocenters. The van der Waals surface area contributed by atoms with Crippen molar-refractivity contribution in [2.24, 2.45) is 0 Å². The zero-order valence-electron chi connectivity index (χ0n) is 12.3. The molecule has 5 heteroatoms. The maximum Gasteiger partial charge on any atom is 0.211 e. The fraction of sp³-hybridized carbons (Fsp3) is 0.188. The van der Waals surface area contributed by atoms with Crippen molar-refractivity contribution in [3.8, 4) is 5.69 Å². The van der Waals surface area contributed by atoms with E-state index >= 15 is 0 Å². The van der Waals surface area contributed by atoms with Crippen LogP contribution in [0.15, 0.2) is 53.6 Å². The standard InChI is InChI=1S/C16H17N3O2/c1-12-6-4-5-7-13(12)19-11-9-15(21)16(17-19)14(20)8-10-18(2)3/h4-11H,1-3H3. The molecule has 5 nitrogen and oxygen atoms in total. The zero-order valence-corrected chi connectivity index (χ0v) is 12.3. The van der Waals surface area contributed by atoms with Gasteiger partial charge in [0.25, 0.3) is 0 Å². The Hall–Kier alpha value is -2.69. The van der Waals surface area contributed by atoms with Crippen molar-refractivity contribution in [3.05, 3.63) is 70.3 Å². The highest BCUT2D eigenvalue weighted by molar-refractivity contribution is 6.02. The lowest BCUT2D eigenvalue weighted by molar-refractivity contribution is 0.103. The van der Waals surface area contributed by atoms with Gasteiger partial charge in [0.05, 0.1) is 5.69 Å². The number of hydrogen-bond acceptors (Lipinski definition) is 4. The van der Waals surface area contributed by atoms with Crippen molar-refractivity contribution in [1.29, 1.82) is 0 Å². The van der Waals surface area contributed by atoms with Crippen LogP contribution < -0.4 is 5.43 Å². The van der Waals surface area contributed by atoms with Gasteiger partial charge >= 0.3 is 0 Å². The largest absolute Gasteiger partial charge is 0.383 e. The Kier molecular flexibility index (Phi) is 4.33. The molecule has 0 N–H and O–H groups in total. The van der Waals surface area contributed by atoms with Gasteiger partial charge in [-0.3, -0.25) is 9.59 Å². The molecule has 0 aliphatic carbocycles. The molecule has 1 aromatic heterocycles. The fourth-order valence-electron chi connectivity index (χ4n) is 1.83. The lowest BCUT2D eigenvalue weighted by Gasteiger charge is -2.09. The number of aryl methyl sites for hydroxylation is 1. The molecule has 0 amide bonds. The molecule has 2 aromatic rings. The summed E-state index contributed by atoms with van der Waals surface area (Å²) in [6, 6.07) is 9.00. The van der Waals surface area contributed by atoms with Crippen LogP contribution in [-0.2, 0) is 0 Å². The van der Waals surface area contributed by atoms with E-state index in [4.69, 9.17) is 0 Å².